The van der Waals surface area contributed by atoms with Gasteiger partial charge in [0.15, 0.2) is 0 Å². The van der Waals surface area contributed by atoms with Crippen molar-refractivity contribution in [3.8, 4) is 0 Å². The maximum atomic E-state index is 12.0. The number of aromatic nitrogens is 4. The topological polar surface area (TPSA) is 96.7 Å². The number of hydrogen-bond acceptors (Lipinski definition) is 6. The number of aromatic amines is 1. The zero-order valence-electron chi connectivity index (χ0n) is 15.8. The molecule has 7 nitrogen and oxygen atoms in total. The monoisotopic (exact) mass is 399 g/mol. The zero-order chi connectivity index (χ0) is 19.2. The summed E-state index contributed by atoms with van der Waals surface area (Å²) in [7, 11) is 0. The number of imidazole rings is 1. The van der Waals surface area contributed by atoms with Crippen LogP contribution in [0.25, 0.3) is 11.0 Å². The second-order valence-corrected chi connectivity index (χ2v) is 8.19. The van der Waals surface area contributed by atoms with Gasteiger partial charge < -0.3 is 14.7 Å². The average Bonchev–Trinajstić information content (AvgIpc) is 3.36. The van der Waals surface area contributed by atoms with E-state index < -0.39 is 0 Å². The minimum atomic E-state index is 0.0256. The van der Waals surface area contributed by atoms with E-state index in [1.165, 1.54) is 43.9 Å². The quantitative estimate of drug-likeness (QED) is 0.563. The highest BCUT2D eigenvalue weighted by atomic mass is 32.2. The molecule has 4 rings (SSSR count). The molecule has 2 N–H and O–H groups in total. The summed E-state index contributed by atoms with van der Waals surface area (Å²) >= 11 is 1.29. The van der Waals surface area contributed by atoms with Crippen molar-refractivity contribution < 1.29 is 9.21 Å². The predicted molar refractivity (Wildman–Crippen MR) is 108 cm³/mol. The van der Waals surface area contributed by atoms with Gasteiger partial charge in [-0.15, -0.1) is 10.2 Å². The third kappa shape index (κ3) is 5.13. The normalized spacial score (nSPS) is 15.1. The maximum Gasteiger partial charge on any atom is 0.277 e. The number of nitrogens with zero attached hydrogens (tertiary/aromatic N) is 3. The van der Waals surface area contributed by atoms with Gasteiger partial charge in [0.05, 0.1) is 16.8 Å². The molecule has 3 aromatic rings. The number of thioether (sulfide) groups is 1. The van der Waals surface area contributed by atoms with Crippen molar-refractivity contribution in [3.63, 3.8) is 0 Å². The molecule has 0 aliphatic heterocycles. The standard InChI is InChI=1S/C20H25N5O2S/c26-18(21-12-14-6-2-1-3-7-14)13-28-20-25-24-19(27-20)11-10-17-22-15-8-4-5-9-16(15)23-17/h4-5,8-9,14H,1-3,6-7,10-13H2,(H,21,26)(H,22,23). The summed E-state index contributed by atoms with van der Waals surface area (Å²) in [5.41, 5.74) is 1.98. The molecule has 1 saturated carbocycles. The van der Waals surface area contributed by atoms with Gasteiger partial charge in [0.25, 0.3) is 5.22 Å². The molecule has 148 valence electrons. The van der Waals surface area contributed by atoms with E-state index >= 15 is 0 Å². The predicted octanol–water partition coefficient (Wildman–Crippen LogP) is 3.52. The second-order valence-electron chi connectivity index (χ2n) is 7.26. The third-order valence-corrected chi connectivity index (χ3v) is 5.92. The summed E-state index contributed by atoms with van der Waals surface area (Å²) in [6.45, 7) is 0.784. The van der Waals surface area contributed by atoms with Crippen molar-refractivity contribution in [2.45, 2.75) is 50.2 Å². The number of fused-ring (bicyclic) bond motifs is 1. The maximum absolute atomic E-state index is 12.0. The molecule has 1 aromatic carbocycles. The van der Waals surface area contributed by atoms with Crippen LogP contribution < -0.4 is 5.32 Å². The van der Waals surface area contributed by atoms with Gasteiger partial charge in [-0.05, 0) is 30.9 Å². The highest BCUT2D eigenvalue weighted by Gasteiger charge is 2.15. The van der Waals surface area contributed by atoms with Gasteiger partial charge >= 0.3 is 0 Å². The summed E-state index contributed by atoms with van der Waals surface area (Å²) in [6, 6.07) is 7.94. The minimum absolute atomic E-state index is 0.0256. The van der Waals surface area contributed by atoms with Crippen molar-refractivity contribution in [2.24, 2.45) is 5.92 Å². The van der Waals surface area contributed by atoms with Gasteiger partial charge in [0.1, 0.15) is 5.82 Å². The fraction of sp³-hybridized carbons (Fsp3) is 0.500. The molecule has 0 spiro atoms. The van der Waals surface area contributed by atoms with Crippen LogP contribution in [0.15, 0.2) is 33.9 Å². The summed E-state index contributed by atoms with van der Waals surface area (Å²) in [6.07, 6.45) is 7.67. The van der Waals surface area contributed by atoms with Crippen LogP contribution in [0.2, 0.25) is 0 Å². The SMILES string of the molecule is O=C(CSc1nnc(CCc2nc3ccccc3[nH]2)o1)NCC1CCCCC1. The molecular weight excluding hydrogens is 374 g/mol. The molecule has 1 amide bonds. The first-order valence-electron chi connectivity index (χ1n) is 9.92. The Morgan fingerprint density at radius 3 is 2.89 bits per heavy atom. The van der Waals surface area contributed by atoms with E-state index in [0.717, 1.165) is 23.4 Å². The Morgan fingerprint density at radius 1 is 1.18 bits per heavy atom. The van der Waals surface area contributed by atoms with E-state index in [-0.39, 0.29) is 5.91 Å². The molecule has 1 fully saturated rings. The van der Waals surface area contributed by atoms with Gasteiger partial charge in [-0.25, -0.2) is 4.98 Å². The lowest BCUT2D eigenvalue weighted by atomic mass is 9.89. The number of H-pyrrole nitrogens is 1. The average molecular weight is 400 g/mol. The third-order valence-electron chi connectivity index (χ3n) is 5.10. The molecule has 8 heteroatoms. The van der Waals surface area contributed by atoms with E-state index in [1.807, 2.05) is 24.3 Å². The molecule has 0 atom stereocenters. The number of carbonyl (C=O) groups excluding carboxylic acids is 1. The van der Waals surface area contributed by atoms with Crippen LogP contribution in [0.1, 0.15) is 43.8 Å². The van der Waals surface area contributed by atoms with Gasteiger partial charge in [-0.2, -0.15) is 0 Å². The van der Waals surface area contributed by atoms with E-state index in [4.69, 9.17) is 4.42 Å². The van der Waals surface area contributed by atoms with Gasteiger partial charge in [-0.3, -0.25) is 4.79 Å². The van der Waals surface area contributed by atoms with Crippen LogP contribution >= 0.6 is 11.8 Å². The van der Waals surface area contributed by atoms with E-state index in [9.17, 15) is 4.79 Å². The minimum Gasteiger partial charge on any atom is -0.416 e. The molecule has 1 aliphatic carbocycles. The second kappa shape index (κ2) is 9.23. The number of aryl methyl sites for hydroxylation is 2. The molecule has 2 heterocycles. The molecule has 0 unspecified atom stereocenters. The van der Waals surface area contributed by atoms with Crippen molar-refractivity contribution in [2.75, 3.05) is 12.3 Å². The van der Waals surface area contributed by atoms with Gasteiger partial charge in [0, 0.05) is 19.4 Å². The van der Waals surface area contributed by atoms with E-state index in [2.05, 4.69) is 25.5 Å². The molecule has 0 radical (unpaired) electrons. The first-order chi connectivity index (χ1) is 13.8. The summed E-state index contributed by atoms with van der Waals surface area (Å²) in [5.74, 6) is 2.42. The van der Waals surface area contributed by atoms with Crippen LogP contribution in [0.3, 0.4) is 0 Å². The lowest BCUT2D eigenvalue weighted by molar-refractivity contribution is -0.118. The summed E-state index contributed by atoms with van der Waals surface area (Å²) in [4.78, 5) is 19.9. The largest absolute Gasteiger partial charge is 0.416 e. The number of hydrogen-bond donors (Lipinski definition) is 2. The Kier molecular flexibility index (Phi) is 6.26. The smallest absolute Gasteiger partial charge is 0.277 e. The fourth-order valence-electron chi connectivity index (χ4n) is 3.57. The highest BCUT2D eigenvalue weighted by Crippen LogP contribution is 2.23. The van der Waals surface area contributed by atoms with Gasteiger partial charge in [-0.1, -0.05) is 43.2 Å². The Bertz CT molecular complexity index is 883. The molecule has 0 bridgehead atoms. The number of carbonyl (C=O) groups is 1. The van der Waals surface area contributed by atoms with Crippen LogP contribution in [-0.4, -0.2) is 38.4 Å². The number of para-hydroxylation sites is 2. The van der Waals surface area contributed by atoms with Crippen molar-refractivity contribution >= 4 is 28.7 Å². The number of rotatable bonds is 8. The van der Waals surface area contributed by atoms with Gasteiger partial charge in [0.2, 0.25) is 11.8 Å². The van der Waals surface area contributed by atoms with Crippen LogP contribution in [0.4, 0.5) is 0 Å². The number of amides is 1. The Hall–Kier alpha value is -2.35. The Labute approximate surface area is 168 Å². The van der Waals surface area contributed by atoms with Crippen molar-refractivity contribution in [1.82, 2.24) is 25.5 Å². The highest BCUT2D eigenvalue weighted by molar-refractivity contribution is 7.99. The summed E-state index contributed by atoms with van der Waals surface area (Å²) in [5, 5.41) is 11.6. The van der Waals surface area contributed by atoms with Crippen LogP contribution in [-0.2, 0) is 17.6 Å². The Morgan fingerprint density at radius 2 is 2.04 bits per heavy atom. The zero-order valence-corrected chi connectivity index (χ0v) is 16.6. The first-order valence-corrected chi connectivity index (χ1v) is 10.9. The molecular formula is C20H25N5O2S. The first kappa shape index (κ1) is 19.0. The van der Waals surface area contributed by atoms with Crippen LogP contribution in [0, 0.1) is 5.92 Å². The molecule has 0 saturated heterocycles. The molecule has 28 heavy (non-hydrogen) atoms. The number of nitrogens with one attached hydrogen (secondary N) is 2. The lowest BCUT2D eigenvalue weighted by Crippen LogP contribution is -2.31. The lowest BCUT2D eigenvalue weighted by Gasteiger charge is -2.21. The molecule has 2 aromatic heterocycles. The molecule has 1 aliphatic rings. The number of benzene rings is 1. The Balaban J connectivity index is 1.20. The fourth-order valence-corrected chi connectivity index (χ4v) is 4.18. The van der Waals surface area contributed by atoms with Crippen molar-refractivity contribution in [1.29, 1.82) is 0 Å². The van der Waals surface area contributed by atoms with Crippen LogP contribution in [0.5, 0.6) is 0 Å². The van der Waals surface area contributed by atoms with E-state index in [0.29, 0.717) is 35.6 Å². The van der Waals surface area contributed by atoms with Crippen molar-refractivity contribution in [3.05, 3.63) is 36.0 Å². The van der Waals surface area contributed by atoms with E-state index in [1.54, 1.807) is 0 Å². The summed E-state index contributed by atoms with van der Waals surface area (Å²) < 4.78 is 5.64.